The third-order valence-electron chi connectivity index (χ3n) is 5.74. The highest BCUT2D eigenvalue weighted by Gasteiger charge is 2.08. The zero-order chi connectivity index (χ0) is 23.6. The average Bonchev–Trinajstić information content (AvgIpc) is 3.33. The summed E-state index contributed by atoms with van der Waals surface area (Å²) in [6.45, 7) is 7.30. The molecule has 3 heterocycles. The first kappa shape index (κ1) is 20.4. The topological polar surface area (TPSA) is 82.9 Å². The van der Waals surface area contributed by atoms with Gasteiger partial charge >= 0.3 is 0 Å². The van der Waals surface area contributed by atoms with E-state index in [1.807, 2.05) is 72.8 Å². The first-order valence-electron chi connectivity index (χ1n) is 11.1. The number of fused-ring (bicyclic) bond motifs is 2. The molecule has 0 bridgehead atoms. The maximum Gasteiger partial charge on any atom is 0.188 e. The molecule has 0 radical (unpaired) electrons. The van der Waals surface area contributed by atoms with Crippen LogP contribution in [-0.4, -0.2) is 19.9 Å². The maximum atomic E-state index is 7.30. The molecule has 3 aromatic heterocycles. The SMILES string of the molecule is [C-]#[N+]c1ccc2nccc(Nc3ccc4nc(-c5ccc(Nc6ccncc6)cc5)[nH]c4c3)c2c1. The Morgan fingerprint density at radius 1 is 0.714 bits per heavy atom. The summed E-state index contributed by atoms with van der Waals surface area (Å²) in [6, 6.07) is 25.5. The number of pyridine rings is 2. The average molecular weight is 454 g/mol. The maximum absolute atomic E-state index is 7.30. The summed E-state index contributed by atoms with van der Waals surface area (Å²) in [5, 5.41) is 7.74. The minimum absolute atomic E-state index is 0.587. The van der Waals surface area contributed by atoms with E-state index in [4.69, 9.17) is 11.6 Å². The van der Waals surface area contributed by atoms with Crippen LogP contribution in [0.25, 0.3) is 38.2 Å². The predicted octanol–water partition coefficient (Wildman–Crippen LogP) is 7.21. The third-order valence-corrected chi connectivity index (χ3v) is 5.74. The van der Waals surface area contributed by atoms with Crippen molar-refractivity contribution in [2.75, 3.05) is 10.6 Å². The number of anilines is 4. The summed E-state index contributed by atoms with van der Waals surface area (Å²) < 4.78 is 0. The fourth-order valence-electron chi connectivity index (χ4n) is 4.01. The van der Waals surface area contributed by atoms with Gasteiger partial charge in [0.25, 0.3) is 0 Å². The second kappa shape index (κ2) is 8.61. The van der Waals surface area contributed by atoms with E-state index in [1.165, 1.54) is 0 Å². The third kappa shape index (κ3) is 4.12. The fourth-order valence-corrected chi connectivity index (χ4v) is 4.01. The number of aromatic nitrogens is 4. The Balaban J connectivity index is 1.26. The van der Waals surface area contributed by atoms with Crippen LogP contribution < -0.4 is 10.6 Å². The van der Waals surface area contributed by atoms with Crippen molar-refractivity contribution < 1.29 is 0 Å². The van der Waals surface area contributed by atoms with Crippen LogP contribution in [0.1, 0.15) is 0 Å². The number of rotatable bonds is 5. The van der Waals surface area contributed by atoms with Crippen molar-refractivity contribution in [1.82, 2.24) is 19.9 Å². The van der Waals surface area contributed by atoms with Crippen molar-refractivity contribution in [2.24, 2.45) is 0 Å². The zero-order valence-corrected chi connectivity index (χ0v) is 18.5. The highest BCUT2D eigenvalue weighted by atomic mass is 14.9. The van der Waals surface area contributed by atoms with Crippen LogP contribution in [0.3, 0.4) is 0 Å². The molecule has 166 valence electrons. The molecule has 6 rings (SSSR count). The van der Waals surface area contributed by atoms with Crippen molar-refractivity contribution in [2.45, 2.75) is 0 Å². The van der Waals surface area contributed by atoms with Crippen LogP contribution in [0, 0.1) is 6.57 Å². The number of aromatic amines is 1. The summed E-state index contributed by atoms with van der Waals surface area (Å²) >= 11 is 0. The molecule has 0 aliphatic carbocycles. The summed E-state index contributed by atoms with van der Waals surface area (Å²) in [6.07, 6.45) is 5.29. The second-order valence-corrected chi connectivity index (χ2v) is 8.05. The molecule has 0 aliphatic rings. The molecule has 0 aliphatic heterocycles. The second-order valence-electron chi connectivity index (χ2n) is 8.05. The Labute approximate surface area is 201 Å². The monoisotopic (exact) mass is 453 g/mol. The number of H-pyrrole nitrogens is 1. The molecule has 0 saturated carbocycles. The van der Waals surface area contributed by atoms with Crippen molar-refractivity contribution in [3.63, 3.8) is 0 Å². The molecule has 3 N–H and O–H groups in total. The molecule has 0 fully saturated rings. The van der Waals surface area contributed by atoms with Gasteiger partial charge in [-0.25, -0.2) is 9.83 Å². The van der Waals surface area contributed by atoms with Gasteiger partial charge in [0, 0.05) is 52.3 Å². The quantitative estimate of drug-likeness (QED) is 0.240. The van der Waals surface area contributed by atoms with Gasteiger partial charge in [-0.1, -0.05) is 6.07 Å². The van der Waals surface area contributed by atoms with E-state index in [0.717, 1.165) is 56.1 Å². The fraction of sp³-hybridized carbons (Fsp3) is 0. The van der Waals surface area contributed by atoms with Crippen molar-refractivity contribution in [3.05, 3.63) is 109 Å². The molecule has 0 atom stereocenters. The van der Waals surface area contributed by atoms with E-state index < -0.39 is 0 Å². The van der Waals surface area contributed by atoms with Gasteiger partial charge in [0.2, 0.25) is 0 Å². The molecule has 0 spiro atoms. The lowest BCUT2D eigenvalue weighted by molar-refractivity contribution is 1.32. The predicted molar refractivity (Wildman–Crippen MR) is 140 cm³/mol. The molecule has 7 heteroatoms. The number of nitrogens with zero attached hydrogens (tertiary/aromatic N) is 4. The van der Waals surface area contributed by atoms with E-state index in [-0.39, 0.29) is 0 Å². The Kier molecular flexibility index (Phi) is 5.02. The first-order valence-corrected chi connectivity index (χ1v) is 11.1. The van der Waals surface area contributed by atoms with Gasteiger partial charge in [-0.15, -0.1) is 0 Å². The first-order chi connectivity index (χ1) is 17.2. The van der Waals surface area contributed by atoms with E-state index in [1.54, 1.807) is 24.7 Å². The van der Waals surface area contributed by atoms with Gasteiger partial charge in [-0.3, -0.25) is 9.97 Å². The summed E-state index contributed by atoms with van der Waals surface area (Å²) in [4.78, 5) is 20.2. The molecule has 35 heavy (non-hydrogen) atoms. The number of hydrogen-bond donors (Lipinski definition) is 3. The molecular weight excluding hydrogens is 434 g/mol. The zero-order valence-electron chi connectivity index (χ0n) is 18.5. The number of nitrogens with one attached hydrogen (secondary N) is 3. The van der Waals surface area contributed by atoms with Crippen LogP contribution >= 0.6 is 0 Å². The van der Waals surface area contributed by atoms with Crippen LogP contribution in [0.15, 0.2) is 97.5 Å². The van der Waals surface area contributed by atoms with Gasteiger partial charge in [-0.05, 0) is 72.8 Å². The number of hydrogen-bond acceptors (Lipinski definition) is 5. The molecule has 0 amide bonds. The van der Waals surface area contributed by atoms with E-state index in [0.29, 0.717) is 5.69 Å². The molecular formula is C28H19N7. The van der Waals surface area contributed by atoms with E-state index >= 15 is 0 Å². The highest BCUT2D eigenvalue weighted by Crippen LogP contribution is 2.30. The molecule has 6 aromatic rings. The standard InChI is InChI=1S/C28H19N7/c1-29-21-6-8-24-23(16-21)25(12-15-31-24)33-22-7-9-26-27(17-22)35-28(34-26)18-2-4-19(5-3-18)32-20-10-13-30-14-11-20/h2-17H,(H,30,32)(H,31,33)(H,34,35). The van der Waals surface area contributed by atoms with Crippen LogP contribution in [0.5, 0.6) is 0 Å². The van der Waals surface area contributed by atoms with Gasteiger partial charge in [0.05, 0.1) is 23.1 Å². The molecule has 7 nitrogen and oxygen atoms in total. The smallest absolute Gasteiger partial charge is 0.188 e. The van der Waals surface area contributed by atoms with Gasteiger partial charge < -0.3 is 15.6 Å². The molecule has 3 aromatic carbocycles. The summed E-state index contributed by atoms with van der Waals surface area (Å²) in [7, 11) is 0. The van der Waals surface area contributed by atoms with Crippen LogP contribution in [-0.2, 0) is 0 Å². The van der Waals surface area contributed by atoms with Gasteiger partial charge in [0.15, 0.2) is 5.69 Å². The Bertz CT molecular complexity index is 1700. The Morgan fingerprint density at radius 2 is 1.49 bits per heavy atom. The van der Waals surface area contributed by atoms with Crippen molar-refractivity contribution >= 4 is 50.4 Å². The van der Waals surface area contributed by atoms with Crippen LogP contribution in [0.2, 0.25) is 0 Å². The molecule has 0 unspecified atom stereocenters. The minimum Gasteiger partial charge on any atom is -0.355 e. The summed E-state index contributed by atoms with van der Waals surface area (Å²) in [5.41, 5.74) is 8.06. The summed E-state index contributed by atoms with van der Waals surface area (Å²) in [5.74, 6) is 0.809. The number of benzene rings is 3. The highest BCUT2D eigenvalue weighted by molar-refractivity contribution is 5.95. The Morgan fingerprint density at radius 3 is 2.31 bits per heavy atom. The lowest BCUT2D eigenvalue weighted by Crippen LogP contribution is -1.92. The lowest BCUT2D eigenvalue weighted by Gasteiger charge is -2.10. The van der Waals surface area contributed by atoms with Crippen molar-refractivity contribution in [3.8, 4) is 11.4 Å². The largest absolute Gasteiger partial charge is 0.355 e. The van der Waals surface area contributed by atoms with Gasteiger partial charge in [0.1, 0.15) is 5.82 Å². The van der Waals surface area contributed by atoms with E-state index in [2.05, 4.69) is 30.4 Å². The van der Waals surface area contributed by atoms with Gasteiger partial charge in [-0.2, -0.15) is 0 Å². The minimum atomic E-state index is 0.587. The van der Waals surface area contributed by atoms with E-state index in [9.17, 15) is 0 Å². The van der Waals surface area contributed by atoms with Crippen molar-refractivity contribution in [1.29, 1.82) is 0 Å². The Hall–Kier alpha value is -5.22. The molecule has 0 saturated heterocycles. The number of imidazole rings is 1. The normalized spacial score (nSPS) is 10.8. The van der Waals surface area contributed by atoms with Crippen LogP contribution in [0.4, 0.5) is 28.4 Å². The lowest BCUT2D eigenvalue weighted by atomic mass is 10.1.